The van der Waals surface area contributed by atoms with Crippen molar-refractivity contribution < 1.29 is 24.2 Å². The molecule has 0 aromatic heterocycles. The molecule has 1 amide bonds. The fraction of sp³-hybridized carbons (Fsp3) is 0.231. The highest BCUT2D eigenvalue weighted by atomic mass is 16.7. The number of carboxylic acid groups (broad SMARTS) is 1. The van der Waals surface area contributed by atoms with Gasteiger partial charge in [-0.25, -0.2) is 4.79 Å². The zero-order chi connectivity index (χ0) is 22.8. The Morgan fingerprint density at radius 3 is 2.15 bits per heavy atom. The fourth-order valence-corrected chi connectivity index (χ4v) is 4.39. The Morgan fingerprint density at radius 2 is 1.42 bits per heavy atom. The van der Waals surface area contributed by atoms with Gasteiger partial charge in [-0.05, 0) is 41.0 Å². The monoisotopic (exact) mass is 444 g/mol. The molecule has 3 aromatic rings. The lowest BCUT2D eigenvalue weighted by Crippen LogP contribution is -2.48. The van der Waals surface area contributed by atoms with Crippen molar-refractivity contribution in [3.63, 3.8) is 0 Å². The molecule has 1 fully saturated rings. The van der Waals surface area contributed by atoms with E-state index in [1.165, 1.54) is 0 Å². The highest BCUT2D eigenvalue weighted by Crippen LogP contribution is 2.33. The van der Waals surface area contributed by atoms with Crippen molar-refractivity contribution in [2.75, 3.05) is 33.0 Å². The van der Waals surface area contributed by atoms with Crippen LogP contribution in [-0.2, 0) is 6.54 Å². The summed E-state index contributed by atoms with van der Waals surface area (Å²) in [6.45, 7) is 3.78. The van der Waals surface area contributed by atoms with Gasteiger partial charge in [-0.15, -0.1) is 0 Å². The van der Waals surface area contributed by atoms with Crippen molar-refractivity contribution in [3.05, 3.63) is 83.4 Å². The third-order valence-electron chi connectivity index (χ3n) is 6.11. The number of piperazine rings is 1. The number of benzene rings is 3. The molecule has 0 radical (unpaired) electrons. The van der Waals surface area contributed by atoms with Gasteiger partial charge in [-0.3, -0.25) is 9.69 Å². The van der Waals surface area contributed by atoms with E-state index in [-0.39, 0.29) is 18.3 Å². The largest absolute Gasteiger partial charge is 0.478 e. The Bertz CT molecular complexity index is 1200. The average molecular weight is 444 g/mol. The lowest BCUT2D eigenvalue weighted by molar-refractivity contribution is 0.0627. The number of carboxylic acids is 1. The Morgan fingerprint density at radius 1 is 0.788 bits per heavy atom. The molecule has 5 rings (SSSR count). The van der Waals surface area contributed by atoms with Crippen molar-refractivity contribution >= 4 is 11.9 Å². The second-order valence-corrected chi connectivity index (χ2v) is 8.15. The molecule has 2 aliphatic heterocycles. The normalized spacial score (nSPS) is 15.5. The summed E-state index contributed by atoms with van der Waals surface area (Å²) in [4.78, 5) is 29.3. The zero-order valence-corrected chi connectivity index (χ0v) is 18.1. The summed E-state index contributed by atoms with van der Waals surface area (Å²) in [6, 6.07) is 20.0. The molecule has 0 bridgehead atoms. The van der Waals surface area contributed by atoms with E-state index in [1.54, 1.807) is 30.3 Å². The van der Waals surface area contributed by atoms with Gasteiger partial charge in [0.15, 0.2) is 11.5 Å². The summed E-state index contributed by atoms with van der Waals surface area (Å²) in [6.07, 6.45) is 0. The van der Waals surface area contributed by atoms with Gasteiger partial charge in [-0.2, -0.15) is 0 Å². The molecular weight excluding hydrogens is 420 g/mol. The fourth-order valence-electron chi connectivity index (χ4n) is 4.39. The summed E-state index contributed by atoms with van der Waals surface area (Å²) in [5.41, 5.74) is 3.05. The molecule has 0 aliphatic carbocycles. The molecule has 33 heavy (non-hydrogen) atoms. The topological polar surface area (TPSA) is 79.3 Å². The van der Waals surface area contributed by atoms with Gasteiger partial charge in [-0.1, -0.05) is 42.5 Å². The first kappa shape index (κ1) is 21.0. The van der Waals surface area contributed by atoms with Crippen LogP contribution in [0, 0.1) is 0 Å². The van der Waals surface area contributed by atoms with Crippen LogP contribution >= 0.6 is 0 Å². The summed E-state index contributed by atoms with van der Waals surface area (Å²) < 4.78 is 10.8. The number of nitrogens with zero attached hydrogens (tertiary/aromatic N) is 2. The third kappa shape index (κ3) is 4.27. The van der Waals surface area contributed by atoms with Crippen molar-refractivity contribution in [1.82, 2.24) is 9.80 Å². The average Bonchev–Trinajstić information content (AvgIpc) is 3.32. The van der Waals surface area contributed by atoms with E-state index in [1.807, 2.05) is 41.3 Å². The van der Waals surface area contributed by atoms with Gasteiger partial charge >= 0.3 is 5.97 Å². The molecule has 0 atom stereocenters. The number of aromatic carboxylic acids is 1. The molecule has 1 saturated heterocycles. The highest BCUT2D eigenvalue weighted by molar-refractivity contribution is 6.04. The van der Waals surface area contributed by atoms with Gasteiger partial charge in [0.25, 0.3) is 5.91 Å². The van der Waals surface area contributed by atoms with Crippen molar-refractivity contribution in [1.29, 1.82) is 0 Å². The summed E-state index contributed by atoms with van der Waals surface area (Å²) in [7, 11) is 0. The summed E-state index contributed by atoms with van der Waals surface area (Å²) >= 11 is 0. The van der Waals surface area contributed by atoms with Gasteiger partial charge in [0.05, 0.1) is 5.56 Å². The van der Waals surface area contributed by atoms with Gasteiger partial charge < -0.3 is 19.5 Å². The SMILES string of the molecule is O=C(O)c1ccccc1-c1ccccc1C(=O)N1CCN(Cc2ccc3c(c2)OCO3)CC1. The van der Waals surface area contributed by atoms with Crippen LogP contribution in [0.2, 0.25) is 0 Å². The molecule has 168 valence electrons. The summed E-state index contributed by atoms with van der Waals surface area (Å²) in [5.74, 6) is 0.468. The number of carbonyl (C=O) groups is 2. The van der Waals surface area contributed by atoms with E-state index < -0.39 is 5.97 Å². The van der Waals surface area contributed by atoms with E-state index in [9.17, 15) is 14.7 Å². The lowest BCUT2D eigenvalue weighted by Gasteiger charge is -2.35. The first-order valence-electron chi connectivity index (χ1n) is 10.9. The standard InChI is InChI=1S/C26H24N2O5/c29-25(21-7-3-1-5-19(21)20-6-2-4-8-22(20)26(30)31)28-13-11-27(12-14-28)16-18-9-10-23-24(15-18)33-17-32-23/h1-10,15H,11-14,16-17H2,(H,30,31). The Balaban J connectivity index is 1.29. The smallest absolute Gasteiger partial charge is 0.336 e. The first-order chi connectivity index (χ1) is 16.1. The van der Waals surface area contributed by atoms with Crippen LogP contribution in [-0.4, -0.2) is 59.8 Å². The maximum absolute atomic E-state index is 13.4. The van der Waals surface area contributed by atoms with E-state index in [0.29, 0.717) is 29.8 Å². The minimum atomic E-state index is -1.01. The number of fused-ring (bicyclic) bond motifs is 1. The van der Waals surface area contributed by atoms with Crippen LogP contribution in [0.5, 0.6) is 11.5 Å². The Kier molecular flexibility index (Phi) is 5.71. The number of rotatable bonds is 5. The molecule has 0 spiro atoms. The van der Waals surface area contributed by atoms with E-state index in [0.717, 1.165) is 36.7 Å². The number of hydrogen-bond acceptors (Lipinski definition) is 5. The minimum absolute atomic E-state index is 0.0754. The van der Waals surface area contributed by atoms with Crippen LogP contribution in [0.15, 0.2) is 66.7 Å². The van der Waals surface area contributed by atoms with Crippen molar-refractivity contribution in [2.24, 2.45) is 0 Å². The lowest BCUT2D eigenvalue weighted by atomic mass is 9.94. The first-order valence-corrected chi connectivity index (χ1v) is 10.9. The van der Waals surface area contributed by atoms with Gasteiger partial charge in [0.2, 0.25) is 6.79 Å². The van der Waals surface area contributed by atoms with E-state index >= 15 is 0 Å². The van der Waals surface area contributed by atoms with Gasteiger partial charge in [0, 0.05) is 38.3 Å². The number of hydrogen-bond donors (Lipinski definition) is 1. The predicted octanol–water partition coefficient (Wildman–Crippen LogP) is 3.74. The van der Waals surface area contributed by atoms with Gasteiger partial charge in [0.1, 0.15) is 0 Å². The molecule has 3 aromatic carbocycles. The van der Waals surface area contributed by atoms with Crippen LogP contribution in [0.1, 0.15) is 26.3 Å². The molecule has 0 unspecified atom stereocenters. The summed E-state index contributed by atoms with van der Waals surface area (Å²) in [5, 5.41) is 9.59. The zero-order valence-electron chi connectivity index (χ0n) is 18.1. The van der Waals surface area contributed by atoms with Crippen LogP contribution in [0.4, 0.5) is 0 Å². The molecule has 0 saturated carbocycles. The Hall–Kier alpha value is -3.84. The van der Waals surface area contributed by atoms with Crippen molar-refractivity contribution in [3.8, 4) is 22.6 Å². The van der Waals surface area contributed by atoms with Crippen LogP contribution in [0.25, 0.3) is 11.1 Å². The second kappa shape index (κ2) is 8.96. The molecule has 7 heteroatoms. The molecule has 2 aliphatic rings. The quantitative estimate of drug-likeness (QED) is 0.646. The predicted molar refractivity (Wildman–Crippen MR) is 123 cm³/mol. The number of amides is 1. The molecule has 2 heterocycles. The highest BCUT2D eigenvalue weighted by Gasteiger charge is 2.25. The van der Waals surface area contributed by atoms with E-state index in [2.05, 4.69) is 4.90 Å². The van der Waals surface area contributed by atoms with E-state index in [4.69, 9.17) is 9.47 Å². The molecular formula is C26H24N2O5. The number of carbonyl (C=O) groups excluding carboxylic acids is 1. The Labute approximate surface area is 191 Å². The van der Waals surface area contributed by atoms with Crippen LogP contribution < -0.4 is 9.47 Å². The third-order valence-corrected chi connectivity index (χ3v) is 6.11. The molecule has 1 N–H and O–H groups in total. The maximum atomic E-state index is 13.4. The number of ether oxygens (including phenoxy) is 2. The minimum Gasteiger partial charge on any atom is -0.478 e. The van der Waals surface area contributed by atoms with Crippen molar-refractivity contribution in [2.45, 2.75) is 6.54 Å². The van der Waals surface area contributed by atoms with Crippen LogP contribution in [0.3, 0.4) is 0 Å². The maximum Gasteiger partial charge on any atom is 0.336 e. The second-order valence-electron chi connectivity index (χ2n) is 8.15. The molecule has 7 nitrogen and oxygen atoms in total.